The maximum absolute atomic E-state index is 10.2. The second-order valence-corrected chi connectivity index (χ2v) is 2.61. The van der Waals surface area contributed by atoms with Crippen LogP contribution < -0.4 is 0 Å². The van der Waals surface area contributed by atoms with Crippen molar-refractivity contribution in [3.8, 4) is 0 Å². The van der Waals surface area contributed by atoms with Crippen molar-refractivity contribution >= 4 is 15.0 Å². The summed E-state index contributed by atoms with van der Waals surface area (Å²) in [6, 6.07) is 6.89. The van der Waals surface area contributed by atoms with Gasteiger partial charge in [0, 0.05) is 5.56 Å². The molecule has 1 rings (SSSR count). The molecule has 3 nitrogen and oxygen atoms in total. The highest BCUT2D eigenvalue weighted by Crippen LogP contribution is 2.07. The Bertz CT molecular complexity index is 269. The van der Waals surface area contributed by atoms with Crippen LogP contribution in [0.1, 0.15) is 29.8 Å². The number of rotatable bonds is 4. The van der Waals surface area contributed by atoms with E-state index in [-0.39, 0.29) is 8.69 Å². The Morgan fingerprint density at radius 1 is 1.29 bits per heavy atom. The normalized spacial score (nSPS) is 9.00. The van der Waals surface area contributed by atoms with Crippen LogP contribution >= 0.6 is 8.69 Å². The van der Waals surface area contributed by atoms with Crippen molar-refractivity contribution in [1.82, 2.24) is 0 Å². The van der Waals surface area contributed by atoms with E-state index in [0.717, 1.165) is 11.8 Å². The molecule has 0 saturated heterocycles. The van der Waals surface area contributed by atoms with Gasteiger partial charge in [-0.15, -0.1) is 0 Å². The Balaban J connectivity index is 0.000000791. The lowest BCUT2D eigenvalue weighted by Crippen LogP contribution is -1.85. The molecule has 4 heteroatoms. The van der Waals surface area contributed by atoms with E-state index in [0.29, 0.717) is 12.2 Å². The van der Waals surface area contributed by atoms with Gasteiger partial charge in [-0.1, -0.05) is 38.1 Å². The minimum absolute atomic E-state index is 0.296. The molecule has 0 saturated carbocycles. The molecule has 0 aromatic heterocycles. The van der Waals surface area contributed by atoms with Gasteiger partial charge in [-0.25, -0.2) is 4.57 Å². The summed E-state index contributed by atoms with van der Waals surface area (Å²) in [5, 5.41) is 0. The topological polar surface area (TPSA) is 43.4 Å². The number of hydrogen-bond donors (Lipinski definition) is 0. The molecular weight excluding hydrogens is 199 g/mol. The second-order valence-electron chi connectivity index (χ2n) is 2.21. The molecule has 0 aliphatic rings. The molecule has 0 N–H and O–H groups in total. The number of benzene rings is 1. The van der Waals surface area contributed by atoms with Crippen LogP contribution in [-0.2, 0) is 15.7 Å². The molecule has 0 aliphatic carbocycles. The number of carbonyl (C=O) groups is 1. The SMILES string of the molecule is CC.O=Cc1ccc(COP=O)cc1. The minimum atomic E-state index is -0.326. The molecular formula is C10H13O3P. The lowest BCUT2D eigenvalue weighted by atomic mass is 10.2. The maximum atomic E-state index is 10.2. The van der Waals surface area contributed by atoms with Crippen LogP contribution in [0.3, 0.4) is 0 Å². The zero-order valence-electron chi connectivity index (χ0n) is 8.27. The number of carbonyl (C=O) groups excluding carboxylic acids is 1. The van der Waals surface area contributed by atoms with Crippen LogP contribution in [0.2, 0.25) is 0 Å². The van der Waals surface area contributed by atoms with E-state index in [1.807, 2.05) is 13.8 Å². The third-order valence-corrected chi connectivity index (χ3v) is 1.63. The summed E-state index contributed by atoms with van der Waals surface area (Å²) in [4.78, 5) is 10.2. The Labute approximate surface area is 85.4 Å². The van der Waals surface area contributed by atoms with Crippen molar-refractivity contribution in [3.05, 3.63) is 35.4 Å². The number of hydrogen-bond acceptors (Lipinski definition) is 3. The van der Waals surface area contributed by atoms with E-state index in [9.17, 15) is 9.36 Å². The van der Waals surface area contributed by atoms with Gasteiger partial charge >= 0.3 is 8.69 Å². The predicted molar refractivity (Wildman–Crippen MR) is 55.6 cm³/mol. The van der Waals surface area contributed by atoms with E-state index in [1.165, 1.54) is 0 Å². The average Bonchev–Trinajstić information content (AvgIpc) is 2.30. The highest BCUT2D eigenvalue weighted by atomic mass is 31.1. The van der Waals surface area contributed by atoms with Gasteiger partial charge in [-0.05, 0) is 5.56 Å². The highest BCUT2D eigenvalue weighted by molar-refractivity contribution is 7.17. The van der Waals surface area contributed by atoms with Gasteiger partial charge in [0.05, 0.1) is 6.61 Å². The predicted octanol–water partition coefficient (Wildman–Crippen LogP) is 3.25. The zero-order chi connectivity index (χ0) is 10.8. The first-order valence-corrected chi connectivity index (χ1v) is 5.08. The summed E-state index contributed by atoms with van der Waals surface area (Å²) in [5.74, 6) is 0. The summed E-state index contributed by atoms with van der Waals surface area (Å²) in [7, 11) is -0.326. The first-order chi connectivity index (χ1) is 6.86. The van der Waals surface area contributed by atoms with Crippen molar-refractivity contribution in [2.45, 2.75) is 20.5 Å². The van der Waals surface area contributed by atoms with Crippen molar-refractivity contribution < 1.29 is 13.9 Å². The fourth-order valence-corrected chi connectivity index (χ4v) is 0.995. The highest BCUT2D eigenvalue weighted by Gasteiger charge is 1.93. The molecule has 0 amide bonds. The fraction of sp³-hybridized carbons (Fsp3) is 0.300. The Hall–Kier alpha value is -1.05. The van der Waals surface area contributed by atoms with Gasteiger partial charge < -0.3 is 0 Å². The van der Waals surface area contributed by atoms with Crippen LogP contribution in [0.5, 0.6) is 0 Å². The van der Waals surface area contributed by atoms with E-state index in [4.69, 9.17) is 0 Å². The van der Waals surface area contributed by atoms with E-state index < -0.39 is 0 Å². The summed E-state index contributed by atoms with van der Waals surface area (Å²) < 4.78 is 14.5. The van der Waals surface area contributed by atoms with E-state index >= 15 is 0 Å². The minimum Gasteiger partial charge on any atom is -0.298 e. The van der Waals surface area contributed by atoms with Gasteiger partial charge in [0.2, 0.25) is 0 Å². The van der Waals surface area contributed by atoms with Crippen LogP contribution in [0.25, 0.3) is 0 Å². The van der Waals surface area contributed by atoms with Gasteiger partial charge in [0.1, 0.15) is 6.29 Å². The first kappa shape index (κ1) is 12.9. The molecule has 0 aliphatic heterocycles. The van der Waals surface area contributed by atoms with Gasteiger partial charge in [0.15, 0.2) is 0 Å². The monoisotopic (exact) mass is 212 g/mol. The van der Waals surface area contributed by atoms with E-state index in [1.54, 1.807) is 24.3 Å². The van der Waals surface area contributed by atoms with Gasteiger partial charge in [0.25, 0.3) is 0 Å². The maximum Gasteiger partial charge on any atom is 0.327 e. The van der Waals surface area contributed by atoms with Crippen LogP contribution in [-0.4, -0.2) is 6.29 Å². The molecule has 0 unspecified atom stereocenters. The van der Waals surface area contributed by atoms with Crippen molar-refractivity contribution in [1.29, 1.82) is 0 Å². The Kier molecular flexibility index (Phi) is 7.90. The van der Waals surface area contributed by atoms with Crippen LogP contribution in [0.4, 0.5) is 0 Å². The molecule has 14 heavy (non-hydrogen) atoms. The summed E-state index contributed by atoms with van der Waals surface area (Å²) in [6.07, 6.45) is 0.774. The zero-order valence-corrected chi connectivity index (χ0v) is 9.16. The molecule has 76 valence electrons. The lowest BCUT2D eigenvalue weighted by molar-refractivity contribution is 0.112. The Morgan fingerprint density at radius 3 is 2.29 bits per heavy atom. The van der Waals surface area contributed by atoms with Crippen LogP contribution in [0.15, 0.2) is 24.3 Å². The quantitative estimate of drug-likeness (QED) is 0.568. The Morgan fingerprint density at radius 2 is 1.86 bits per heavy atom. The van der Waals surface area contributed by atoms with Crippen molar-refractivity contribution in [2.24, 2.45) is 0 Å². The molecule has 1 aromatic carbocycles. The third kappa shape index (κ3) is 4.85. The third-order valence-electron chi connectivity index (χ3n) is 1.40. The summed E-state index contributed by atoms with van der Waals surface area (Å²) in [6.45, 7) is 4.30. The molecule has 0 radical (unpaired) electrons. The van der Waals surface area contributed by atoms with Crippen molar-refractivity contribution in [3.63, 3.8) is 0 Å². The molecule has 0 atom stereocenters. The first-order valence-electron chi connectivity index (χ1n) is 4.35. The lowest BCUT2D eigenvalue weighted by Gasteiger charge is -1.96. The van der Waals surface area contributed by atoms with Crippen LogP contribution in [0, 0.1) is 0 Å². The smallest absolute Gasteiger partial charge is 0.298 e. The van der Waals surface area contributed by atoms with E-state index in [2.05, 4.69) is 4.52 Å². The molecule has 1 aromatic rings. The second kappa shape index (κ2) is 8.54. The van der Waals surface area contributed by atoms with Gasteiger partial charge in [-0.3, -0.25) is 9.32 Å². The fourth-order valence-electron chi connectivity index (χ4n) is 0.793. The molecule has 0 spiro atoms. The van der Waals surface area contributed by atoms with Crippen molar-refractivity contribution in [2.75, 3.05) is 0 Å². The number of aldehydes is 1. The standard InChI is InChI=1S/C8H7O3P.C2H6/c9-5-7-1-3-8(4-2-7)6-11-12-10;1-2/h1-5H,6H2;1-2H3. The summed E-state index contributed by atoms with van der Waals surface area (Å²) >= 11 is 0. The molecule has 0 heterocycles. The largest absolute Gasteiger partial charge is 0.327 e. The summed E-state index contributed by atoms with van der Waals surface area (Å²) in [5.41, 5.74) is 1.52. The van der Waals surface area contributed by atoms with Gasteiger partial charge in [-0.2, -0.15) is 0 Å². The molecule has 0 fully saturated rings. The average molecular weight is 212 g/mol. The molecule has 0 bridgehead atoms.